The van der Waals surface area contributed by atoms with Gasteiger partial charge in [-0.05, 0) is 59.3 Å². The lowest BCUT2D eigenvalue weighted by molar-refractivity contribution is -0.0669. The van der Waals surface area contributed by atoms with Gasteiger partial charge < -0.3 is 15.4 Å². The van der Waals surface area contributed by atoms with Crippen molar-refractivity contribution in [2.75, 3.05) is 18.5 Å². The number of urea groups is 1. The van der Waals surface area contributed by atoms with Gasteiger partial charge in [0.2, 0.25) is 0 Å². The third-order valence-corrected chi connectivity index (χ3v) is 8.42. The van der Waals surface area contributed by atoms with Crippen LogP contribution in [0.2, 0.25) is 0 Å². The number of nitrogens with one attached hydrogen (secondary N) is 2. The third kappa shape index (κ3) is 5.93. The van der Waals surface area contributed by atoms with Crippen LogP contribution in [0.3, 0.4) is 0 Å². The van der Waals surface area contributed by atoms with Crippen LogP contribution >= 0.6 is 0 Å². The molecule has 2 aliphatic rings. The van der Waals surface area contributed by atoms with Crippen molar-refractivity contribution >= 4 is 27.1 Å². The maximum absolute atomic E-state index is 13.5. The van der Waals surface area contributed by atoms with Crippen LogP contribution in [-0.2, 0) is 33.1 Å². The zero-order chi connectivity index (χ0) is 25.0. The SMILES string of the molecule is C=C/C=C(\C=C)C(C)NC(=O)Nc1ccc(S(=C)(=O)Cc2ccc3c(c2)CN(C2COC2)C3)cc1. The normalized spacial score (nSPS) is 18.6. The molecular formula is C28H33N3O3S. The summed E-state index contributed by atoms with van der Waals surface area (Å²) in [5, 5.41) is 5.67. The maximum atomic E-state index is 13.5. The molecule has 0 spiro atoms. The number of ether oxygens (including phenoxy) is 1. The highest BCUT2D eigenvalue weighted by Gasteiger charge is 2.30. The van der Waals surface area contributed by atoms with Gasteiger partial charge in [-0.3, -0.25) is 9.11 Å². The molecule has 1 fully saturated rings. The first-order valence-electron chi connectivity index (χ1n) is 11.7. The van der Waals surface area contributed by atoms with Crippen LogP contribution in [0.1, 0.15) is 23.6 Å². The smallest absolute Gasteiger partial charge is 0.319 e. The summed E-state index contributed by atoms with van der Waals surface area (Å²) in [4.78, 5) is 15.5. The predicted octanol–water partition coefficient (Wildman–Crippen LogP) is 4.48. The van der Waals surface area contributed by atoms with Crippen LogP contribution in [0, 0.1) is 0 Å². The average molecular weight is 492 g/mol. The van der Waals surface area contributed by atoms with Crippen molar-refractivity contribution in [2.24, 2.45) is 0 Å². The zero-order valence-electron chi connectivity index (χ0n) is 20.2. The Morgan fingerprint density at radius 3 is 2.51 bits per heavy atom. The van der Waals surface area contributed by atoms with E-state index >= 15 is 0 Å². The lowest BCUT2D eigenvalue weighted by Crippen LogP contribution is -2.46. The molecule has 0 radical (unpaired) electrons. The molecule has 2 atom stereocenters. The summed E-state index contributed by atoms with van der Waals surface area (Å²) in [6.07, 6.45) is 5.15. The van der Waals surface area contributed by atoms with Crippen molar-refractivity contribution in [2.45, 2.75) is 42.7 Å². The molecule has 2 amide bonds. The van der Waals surface area contributed by atoms with Crippen molar-refractivity contribution in [3.63, 3.8) is 0 Å². The number of carbonyl (C=O) groups excluding carboxylic acids is 1. The summed E-state index contributed by atoms with van der Waals surface area (Å²) >= 11 is 0. The summed E-state index contributed by atoms with van der Waals surface area (Å²) in [6, 6.07) is 13.4. The Bertz CT molecular complexity index is 1240. The van der Waals surface area contributed by atoms with Gasteiger partial charge in [0.1, 0.15) is 0 Å². The van der Waals surface area contributed by atoms with E-state index in [1.807, 2.05) is 6.92 Å². The predicted molar refractivity (Wildman–Crippen MR) is 144 cm³/mol. The second-order valence-electron chi connectivity index (χ2n) is 9.11. The van der Waals surface area contributed by atoms with Gasteiger partial charge in [-0.1, -0.05) is 49.6 Å². The van der Waals surface area contributed by atoms with E-state index in [0.29, 0.717) is 22.4 Å². The number of hydrogen-bond acceptors (Lipinski definition) is 4. The molecular weight excluding hydrogens is 458 g/mol. The Hall–Kier alpha value is -3.13. The Balaban J connectivity index is 1.36. The van der Waals surface area contributed by atoms with E-state index in [-0.39, 0.29) is 12.1 Å². The summed E-state index contributed by atoms with van der Waals surface area (Å²) < 4.78 is 18.8. The van der Waals surface area contributed by atoms with Gasteiger partial charge in [0.25, 0.3) is 0 Å². The Morgan fingerprint density at radius 2 is 1.89 bits per heavy atom. The highest BCUT2D eigenvalue weighted by atomic mass is 32.2. The summed E-state index contributed by atoms with van der Waals surface area (Å²) in [5.74, 6) is 4.42. The van der Waals surface area contributed by atoms with Gasteiger partial charge in [0.15, 0.2) is 0 Å². The molecule has 184 valence electrons. The van der Waals surface area contributed by atoms with Crippen LogP contribution in [0.4, 0.5) is 10.5 Å². The molecule has 4 rings (SSSR count). The van der Waals surface area contributed by atoms with E-state index in [1.54, 1.807) is 42.5 Å². The fourth-order valence-corrected chi connectivity index (χ4v) is 5.88. The number of allylic oxidation sites excluding steroid dienone is 2. The van der Waals surface area contributed by atoms with Crippen LogP contribution in [0.5, 0.6) is 0 Å². The molecule has 2 aliphatic heterocycles. The zero-order valence-corrected chi connectivity index (χ0v) is 21.0. The molecule has 2 aromatic rings. The minimum atomic E-state index is -2.53. The van der Waals surface area contributed by atoms with E-state index in [4.69, 9.17) is 4.74 Å². The number of amides is 2. The van der Waals surface area contributed by atoms with E-state index in [0.717, 1.165) is 37.4 Å². The van der Waals surface area contributed by atoms with Gasteiger partial charge >= 0.3 is 6.03 Å². The molecule has 2 heterocycles. The summed E-state index contributed by atoms with van der Waals surface area (Å²) in [7, 11) is -2.53. The standard InChI is InChI=1S/C28H33N3O3S/c1-5-7-22(6-2)20(3)29-28(32)30-25-10-12-27(13-11-25)35(4,33)19-21-8-9-23-15-31(16-24(23)14-21)26-17-34-18-26/h5-14,20,26H,1-2,4,15-19H2,3H3,(H2,29,30,32)/b22-7+. The quantitative estimate of drug-likeness (QED) is 0.401. The number of hydrogen-bond donors (Lipinski definition) is 2. The molecule has 6 nitrogen and oxygen atoms in total. The first kappa shape index (κ1) is 25.0. The van der Waals surface area contributed by atoms with Crippen molar-refractivity contribution < 1.29 is 13.7 Å². The number of nitrogens with zero attached hydrogens (tertiary/aromatic N) is 1. The second kappa shape index (κ2) is 10.6. The van der Waals surface area contributed by atoms with E-state index in [1.165, 1.54) is 11.1 Å². The highest BCUT2D eigenvalue weighted by molar-refractivity contribution is 7.99. The number of rotatable bonds is 9. The van der Waals surface area contributed by atoms with E-state index in [2.05, 4.69) is 52.8 Å². The molecule has 0 aromatic heterocycles. The highest BCUT2D eigenvalue weighted by Crippen LogP contribution is 2.29. The van der Waals surface area contributed by atoms with Crippen LogP contribution in [-0.4, -0.2) is 46.3 Å². The molecule has 2 aromatic carbocycles. The fraction of sp³-hybridized carbons (Fsp3) is 0.286. The minimum Gasteiger partial charge on any atom is -0.378 e. The van der Waals surface area contributed by atoms with Crippen molar-refractivity contribution in [1.29, 1.82) is 0 Å². The minimum absolute atomic E-state index is 0.218. The summed E-state index contributed by atoms with van der Waals surface area (Å²) in [6.45, 7) is 12.8. The van der Waals surface area contributed by atoms with E-state index in [9.17, 15) is 9.00 Å². The monoisotopic (exact) mass is 491 g/mol. The Kier molecular flexibility index (Phi) is 7.60. The van der Waals surface area contributed by atoms with Crippen molar-refractivity contribution in [3.8, 4) is 0 Å². The first-order chi connectivity index (χ1) is 16.8. The first-order valence-corrected chi connectivity index (χ1v) is 13.6. The molecule has 7 heteroatoms. The van der Waals surface area contributed by atoms with Gasteiger partial charge in [0, 0.05) is 38.9 Å². The molecule has 0 bridgehead atoms. The number of carbonyl (C=O) groups is 1. The van der Waals surface area contributed by atoms with Crippen LogP contribution < -0.4 is 10.6 Å². The molecule has 2 N–H and O–H groups in total. The molecule has 0 saturated carbocycles. The van der Waals surface area contributed by atoms with E-state index < -0.39 is 9.52 Å². The molecule has 35 heavy (non-hydrogen) atoms. The third-order valence-electron chi connectivity index (χ3n) is 6.49. The van der Waals surface area contributed by atoms with Crippen molar-refractivity contribution in [3.05, 3.63) is 96.1 Å². The second-order valence-corrected chi connectivity index (χ2v) is 11.5. The largest absolute Gasteiger partial charge is 0.378 e. The topological polar surface area (TPSA) is 70.7 Å². The lowest BCUT2D eigenvalue weighted by Gasteiger charge is -2.34. The van der Waals surface area contributed by atoms with Gasteiger partial charge in [0.05, 0.1) is 25.3 Å². The fourth-order valence-electron chi connectivity index (χ4n) is 4.37. The molecule has 0 aliphatic carbocycles. The van der Waals surface area contributed by atoms with Gasteiger partial charge in [-0.2, -0.15) is 0 Å². The Labute approximate surface area is 208 Å². The average Bonchev–Trinajstić information content (AvgIpc) is 3.18. The van der Waals surface area contributed by atoms with Crippen LogP contribution in [0.15, 0.2) is 84.3 Å². The summed E-state index contributed by atoms with van der Waals surface area (Å²) in [5.41, 5.74) is 5.13. The van der Waals surface area contributed by atoms with Crippen LogP contribution in [0.25, 0.3) is 0 Å². The van der Waals surface area contributed by atoms with Gasteiger partial charge in [-0.15, -0.1) is 0 Å². The lowest BCUT2D eigenvalue weighted by atomic mass is 10.1. The number of anilines is 1. The Morgan fingerprint density at radius 1 is 1.17 bits per heavy atom. The maximum Gasteiger partial charge on any atom is 0.319 e. The molecule has 2 unspecified atom stereocenters. The van der Waals surface area contributed by atoms with Gasteiger partial charge in [-0.25, -0.2) is 4.79 Å². The number of benzene rings is 2. The number of fused-ring (bicyclic) bond motifs is 1. The molecule has 1 saturated heterocycles. The van der Waals surface area contributed by atoms with Crippen molar-refractivity contribution in [1.82, 2.24) is 10.2 Å².